The van der Waals surface area contributed by atoms with Crippen LogP contribution in [-0.2, 0) is 9.53 Å². The molecule has 4 rings (SSSR count). The van der Waals surface area contributed by atoms with Crippen LogP contribution in [0.5, 0.6) is 0 Å². The highest BCUT2D eigenvalue weighted by atomic mass is 16.5. The van der Waals surface area contributed by atoms with Crippen LogP contribution in [0, 0.1) is 34.5 Å². The molecule has 4 nitrogen and oxygen atoms in total. The minimum atomic E-state index is -0.0915. The van der Waals surface area contributed by atoms with Gasteiger partial charge in [0.05, 0.1) is 7.11 Å². The first-order valence-electron chi connectivity index (χ1n) is 11.3. The summed E-state index contributed by atoms with van der Waals surface area (Å²) in [6.07, 6.45) is 13.8. The maximum Gasteiger partial charge on any atom is 0.305 e. The van der Waals surface area contributed by atoms with Crippen LogP contribution in [0.15, 0.2) is 30.6 Å². The van der Waals surface area contributed by atoms with E-state index in [1.807, 2.05) is 12.4 Å². The average Bonchev–Trinajstić information content (AvgIpc) is 3.10. The fourth-order valence-corrected chi connectivity index (χ4v) is 7.32. The van der Waals surface area contributed by atoms with Gasteiger partial charge in [-0.1, -0.05) is 26.0 Å². The number of methoxy groups -OCH3 is 1. The highest BCUT2D eigenvalue weighted by Gasteiger charge is 2.57. The summed E-state index contributed by atoms with van der Waals surface area (Å²) in [7, 11) is 1.49. The molecule has 0 aromatic carbocycles. The van der Waals surface area contributed by atoms with Crippen molar-refractivity contribution >= 4 is 11.5 Å². The monoisotopic (exact) mass is 396 g/mol. The molecule has 4 heteroatoms. The zero-order valence-corrected chi connectivity index (χ0v) is 18.2. The number of allylic oxidation sites excluding steroid dienone is 2. The molecule has 0 aliphatic heterocycles. The molecule has 0 saturated heterocycles. The van der Waals surface area contributed by atoms with Gasteiger partial charge in [0.2, 0.25) is 0 Å². The predicted molar refractivity (Wildman–Crippen MR) is 116 cm³/mol. The number of aromatic nitrogens is 1. The summed E-state index contributed by atoms with van der Waals surface area (Å²) < 4.78 is 4.96. The van der Waals surface area contributed by atoms with E-state index in [0.717, 1.165) is 13.0 Å². The van der Waals surface area contributed by atoms with Gasteiger partial charge in [0.1, 0.15) is 0 Å². The van der Waals surface area contributed by atoms with E-state index >= 15 is 0 Å². The van der Waals surface area contributed by atoms with Crippen molar-refractivity contribution in [1.29, 1.82) is 0 Å². The smallest absolute Gasteiger partial charge is 0.305 e. The fourth-order valence-electron chi connectivity index (χ4n) is 7.32. The quantitative estimate of drug-likeness (QED) is 0.723. The first-order valence-corrected chi connectivity index (χ1v) is 11.3. The van der Waals surface area contributed by atoms with Gasteiger partial charge < -0.3 is 10.5 Å². The lowest BCUT2D eigenvalue weighted by Crippen LogP contribution is -2.53. The number of carbonyl (C=O) groups is 1. The Morgan fingerprint density at radius 3 is 2.79 bits per heavy atom. The summed E-state index contributed by atoms with van der Waals surface area (Å²) >= 11 is 0. The van der Waals surface area contributed by atoms with E-state index in [-0.39, 0.29) is 16.8 Å². The van der Waals surface area contributed by atoms with Gasteiger partial charge in [-0.05, 0) is 96.8 Å². The number of esters is 1. The number of rotatable bonds is 5. The van der Waals surface area contributed by atoms with Crippen LogP contribution in [0.4, 0.5) is 0 Å². The molecule has 6 unspecified atom stereocenters. The molecule has 158 valence electrons. The summed E-state index contributed by atoms with van der Waals surface area (Å²) in [6.45, 7) is 5.62. The third-order valence-corrected chi connectivity index (χ3v) is 9.00. The first-order chi connectivity index (χ1) is 13.9. The van der Waals surface area contributed by atoms with Crippen molar-refractivity contribution in [3.8, 4) is 0 Å². The Bertz CT molecular complexity index is 776. The molecule has 2 N–H and O–H groups in total. The molecule has 1 aromatic rings. The lowest BCUT2D eigenvalue weighted by Gasteiger charge is -2.59. The number of pyridine rings is 1. The number of hydrogen-bond donors (Lipinski definition) is 1. The average molecular weight is 397 g/mol. The van der Waals surface area contributed by atoms with Crippen molar-refractivity contribution in [3.05, 3.63) is 36.2 Å². The van der Waals surface area contributed by atoms with E-state index in [1.165, 1.54) is 50.4 Å². The Hall–Kier alpha value is -1.68. The molecule has 2 fully saturated rings. The SMILES string of the molecule is COC(=O)CCC1(C)C(CN)CCC2C3CC=C(c4cccnc4)C3(C)CCC21. The van der Waals surface area contributed by atoms with Gasteiger partial charge in [0, 0.05) is 18.8 Å². The van der Waals surface area contributed by atoms with Crippen molar-refractivity contribution in [2.24, 2.45) is 40.2 Å². The maximum absolute atomic E-state index is 11.9. The molecular formula is C25H36N2O2. The molecule has 0 radical (unpaired) electrons. The van der Waals surface area contributed by atoms with Crippen LogP contribution in [-0.4, -0.2) is 24.6 Å². The van der Waals surface area contributed by atoms with Crippen LogP contribution in [0.2, 0.25) is 0 Å². The summed E-state index contributed by atoms with van der Waals surface area (Å²) in [5, 5.41) is 0. The van der Waals surface area contributed by atoms with Gasteiger partial charge in [0.15, 0.2) is 0 Å². The molecule has 3 aliphatic rings. The largest absolute Gasteiger partial charge is 0.469 e. The van der Waals surface area contributed by atoms with Crippen molar-refractivity contribution in [3.63, 3.8) is 0 Å². The Morgan fingerprint density at radius 2 is 2.10 bits per heavy atom. The van der Waals surface area contributed by atoms with Crippen molar-refractivity contribution < 1.29 is 9.53 Å². The lowest BCUT2D eigenvalue weighted by molar-refractivity contribution is -0.143. The van der Waals surface area contributed by atoms with E-state index < -0.39 is 0 Å². The first kappa shape index (κ1) is 20.6. The summed E-state index contributed by atoms with van der Waals surface area (Å²) in [6, 6.07) is 4.26. The molecule has 0 amide bonds. The number of ether oxygens (including phenoxy) is 1. The Kier molecular flexibility index (Phi) is 5.58. The van der Waals surface area contributed by atoms with E-state index in [0.29, 0.717) is 30.1 Å². The van der Waals surface area contributed by atoms with Crippen molar-refractivity contribution in [2.45, 2.75) is 58.8 Å². The lowest BCUT2D eigenvalue weighted by atomic mass is 9.46. The second-order valence-electron chi connectivity index (χ2n) is 10.0. The van der Waals surface area contributed by atoms with Crippen LogP contribution in [0.3, 0.4) is 0 Å². The van der Waals surface area contributed by atoms with Gasteiger partial charge in [0.25, 0.3) is 0 Å². The number of carbonyl (C=O) groups excluding carboxylic acids is 1. The number of fused-ring (bicyclic) bond motifs is 3. The summed E-state index contributed by atoms with van der Waals surface area (Å²) in [4.78, 5) is 16.3. The molecule has 2 saturated carbocycles. The van der Waals surface area contributed by atoms with E-state index in [9.17, 15) is 4.79 Å². The van der Waals surface area contributed by atoms with E-state index in [4.69, 9.17) is 10.5 Å². The molecule has 0 spiro atoms. The molecule has 6 atom stereocenters. The standard InChI is InChI=1S/C25H36N2O2/c1-24(13-11-23(28)29-3)18(15-26)6-7-19-21-9-8-20(17-5-4-14-27-16-17)25(21,2)12-10-22(19)24/h4-5,8,14,16,18-19,21-22H,6-7,9-13,15,26H2,1-3H3. The number of nitrogens with two attached hydrogens (primary N) is 1. The molecule has 1 heterocycles. The van der Waals surface area contributed by atoms with Crippen LogP contribution >= 0.6 is 0 Å². The molecule has 0 bridgehead atoms. The van der Waals surface area contributed by atoms with Gasteiger partial charge >= 0.3 is 5.97 Å². The second kappa shape index (κ2) is 7.86. The van der Waals surface area contributed by atoms with Crippen LogP contribution < -0.4 is 5.73 Å². The zero-order chi connectivity index (χ0) is 20.6. The van der Waals surface area contributed by atoms with Gasteiger partial charge in [-0.15, -0.1) is 0 Å². The second-order valence-corrected chi connectivity index (χ2v) is 10.0. The molecular weight excluding hydrogens is 360 g/mol. The Morgan fingerprint density at radius 1 is 1.28 bits per heavy atom. The number of hydrogen-bond acceptors (Lipinski definition) is 4. The molecule has 3 aliphatic carbocycles. The van der Waals surface area contributed by atoms with Crippen LogP contribution in [0.25, 0.3) is 5.57 Å². The third-order valence-electron chi connectivity index (χ3n) is 9.00. The highest BCUT2D eigenvalue weighted by molar-refractivity contribution is 5.72. The zero-order valence-electron chi connectivity index (χ0n) is 18.2. The Balaban J connectivity index is 1.60. The highest BCUT2D eigenvalue weighted by Crippen LogP contribution is 2.66. The van der Waals surface area contributed by atoms with Crippen molar-refractivity contribution in [2.75, 3.05) is 13.7 Å². The summed E-state index contributed by atoms with van der Waals surface area (Å²) in [5.41, 5.74) is 9.40. The van der Waals surface area contributed by atoms with Gasteiger partial charge in [-0.3, -0.25) is 9.78 Å². The van der Waals surface area contributed by atoms with Gasteiger partial charge in [-0.25, -0.2) is 0 Å². The predicted octanol–water partition coefficient (Wildman–Crippen LogP) is 4.85. The van der Waals surface area contributed by atoms with Crippen LogP contribution in [0.1, 0.15) is 64.4 Å². The fraction of sp³-hybridized carbons (Fsp3) is 0.680. The van der Waals surface area contributed by atoms with Gasteiger partial charge in [-0.2, -0.15) is 0 Å². The summed E-state index contributed by atoms with van der Waals surface area (Å²) in [5.74, 6) is 2.46. The number of nitrogens with zero attached hydrogens (tertiary/aromatic N) is 1. The minimum absolute atomic E-state index is 0.0915. The normalized spacial score (nSPS) is 38.7. The molecule has 1 aromatic heterocycles. The topological polar surface area (TPSA) is 65.2 Å². The minimum Gasteiger partial charge on any atom is -0.469 e. The van der Waals surface area contributed by atoms with Crippen molar-refractivity contribution in [1.82, 2.24) is 4.98 Å². The molecule has 29 heavy (non-hydrogen) atoms. The third kappa shape index (κ3) is 3.34. The van der Waals surface area contributed by atoms with E-state index in [2.05, 4.69) is 37.0 Å². The maximum atomic E-state index is 11.9. The Labute approximate surface area is 175 Å². The van der Waals surface area contributed by atoms with E-state index in [1.54, 1.807) is 0 Å².